The van der Waals surface area contributed by atoms with E-state index < -0.39 is 5.97 Å². The Hall–Kier alpha value is -2.65. The number of fused-ring (bicyclic) bond motifs is 1. The van der Waals surface area contributed by atoms with Crippen molar-refractivity contribution in [1.29, 1.82) is 0 Å². The number of aryl methyl sites for hydroxylation is 1. The van der Waals surface area contributed by atoms with Crippen LogP contribution in [0.2, 0.25) is 0 Å². The molecule has 8 nitrogen and oxygen atoms in total. The minimum atomic E-state index is -0.398. The molecule has 0 spiro atoms. The van der Waals surface area contributed by atoms with Gasteiger partial charge in [0.1, 0.15) is 5.00 Å². The van der Waals surface area contributed by atoms with E-state index in [1.165, 1.54) is 24.7 Å². The van der Waals surface area contributed by atoms with Crippen LogP contribution in [0.1, 0.15) is 37.8 Å². The van der Waals surface area contributed by atoms with Gasteiger partial charge in [-0.3, -0.25) is 14.5 Å². The number of nitrogens with zero attached hydrogens (tertiary/aromatic N) is 2. The van der Waals surface area contributed by atoms with Gasteiger partial charge in [0.25, 0.3) is 5.91 Å². The number of ether oxygens (including phenoxy) is 1. The molecule has 1 aliphatic heterocycles. The Balaban J connectivity index is 1.33. The minimum Gasteiger partial charge on any atom is -0.465 e. The number of carbonyl (C=O) groups excluding carboxylic acids is 3. The van der Waals surface area contributed by atoms with E-state index in [1.807, 2.05) is 4.90 Å². The van der Waals surface area contributed by atoms with Gasteiger partial charge in [0.05, 0.1) is 25.5 Å². The zero-order chi connectivity index (χ0) is 20.4. The first-order valence-corrected chi connectivity index (χ1v) is 10.5. The lowest BCUT2D eigenvalue weighted by Gasteiger charge is -2.33. The van der Waals surface area contributed by atoms with Gasteiger partial charge >= 0.3 is 5.97 Å². The van der Waals surface area contributed by atoms with Crippen molar-refractivity contribution in [2.24, 2.45) is 0 Å². The third-order valence-corrected chi connectivity index (χ3v) is 6.53. The quantitative estimate of drug-likeness (QED) is 0.749. The molecule has 2 aliphatic rings. The summed E-state index contributed by atoms with van der Waals surface area (Å²) in [5, 5.41) is 3.48. The third kappa shape index (κ3) is 4.06. The van der Waals surface area contributed by atoms with Gasteiger partial charge in [0.2, 0.25) is 5.91 Å². The average molecular weight is 417 g/mol. The zero-order valence-corrected chi connectivity index (χ0v) is 17.0. The van der Waals surface area contributed by atoms with Crippen LogP contribution in [-0.2, 0) is 22.4 Å². The summed E-state index contributed by atoms with van der Waals surface area (Å²) in [5.41, 5.74) is 1.52. The number of carbonyl (C=O) groups is 3. The first-order chi connectivity index (χ1) is 14.1. The van der Waals surface area contributed by atoms with Crippen molar-refractivity contribution in [3.63, 3.8) is 0 Å². The maximum atomic E-state index is 12.6. The highest BCUT2D eigenvalue weighted by Crippen LogP contribution is 2.39. The number of furan rings is 1. The van der Waals surface area contributed by atoms with Crippen LogP contribution in [0.5, 0.6) is 0 Å². The van der Waals surface area contributed by atoms with E-state index in [1.54, 1.807) is 17.0 Å². The summed E-state index contributed by atoms with van der Waals surface area (Å²) in [6.45, 7) is 2.49. The van der Waals surface area contributed by atoms with Crippen LogP contribution < -0.4 is 5.32 Å². The summed E-state index contributed by atoms with van der Waals surface area (Å²) < 4.78 is 10.1. The number of anilines is 1. The standard InChI is InChI=1S/C20H23N3O5S/c1-27-20(26)17-13-4-2-6-15(13)29-18(17)21-16(24)12-22-7-9-23(10-8-22)19(25)14-5-3-11-28-14/h3,5,11H,2,4,6-10,12H2,1H3,(H,21,24). The van der Waals surface area contributed by atoms with Crippen LogP contribution in [0.15, 0.2) is 22.8 Å². The first kappa shape index (κ1) is 19.7. The molecule has 0 saturated carbocycles. The molecule has 0 bridgehead atoms. The fourth-order valence-electron chi connectivity index (χ4n) is 3.84. The minimum absolute atomic E-state index is 0.130. The van der Waals surface area contributed by atoms with Crippen molar-refractivity contribution in [3.8, 4) is 0 Å². The molecule has 1 fully saturated rings. The summed E-state index contributed by atoms with van der Waals surface area (Å²) in [6.07, 6.45) is 4.29. The summed E-state index contributed by atoms with van der Waals surface area (Å²) in [5.74, 6) is -0.363. The smallest absolute Gasteiger partial charge is 0.341 e. The summed E-state index contributed by atoms with van der Waals surface area (Å²) in [4.78, 5) is 42.0. The molecule has 0 atom stereocenters. The number of hydrogen-bond donors (Lipinski definition) is 1. The van der Waals surface area contributed by atoms with Gasteiger partial charge in [-0.1, -0.05) is 0 Å². The molecule has 1 aliphatic carbocycles. The lowest BCUT2D eigenvalue weighted by molar-refractivity contribution is -0.117. The molecule has 29 heavy (non-hydrogen) atoms. The summed E-state index contributed by atoms with van der Waals surface area (Å²) in [7, 11) is 1.36. The van der Waals surface area contributed by atoms with E-state index in [9.17, 15) is 14.4 Å². The number of piperazine rings is 1. The molecule has 2 aromatic rings. The predicted octanol–water partition coefficient (Wildman–Crippen LogP) is 2.01. The lowest BCUT2D eigenvalue weighted by atomic mass is 10.1. The van der Waals surface area contributed by atoms with Crippen molar-refractivity contribution in [2.75, 3.05) is 45.2 Å². The van der Waals surface area contributed by atoms with Crippen LogP contribution in [0.25, 0.3) is 0 Å². The molecule has 1 saturated heterocycles. The van der Waals surface area contributed by atoms with Crippen LogP contribution in [-0.4, -0.2) is 67.4 Å². The molecule has 154 valence electrons. The molecule has 1 N–H and O–H groups in total. The molecule has 3 heterocycles. The number of nitrogens with one attached hydrogen (secondary N) is 1. The van der Waals surface area contributed by atoms with Gasteiger partial charge in [-0.05, 0) is 37.0 Å². The summed E-state index contributed by atoms with van der Waals surface area (Å²) >= 11 is 1.47. The fourth-order valence-corrected chi connectivity index (χ4v) is 5.14. The maximum Gasteiger partial charge on any atom is 0.341 e. The van der Waals surface area contributed by atoms with Crippen LogP contribution >= 0.6 is 11.3 Å². The number of esters is 1. The van der Waals surface area contributed by atoms with E-state index in [-0.39, 0.29) is 18.4 Å². The summed E-state index contributed by atoms with van der Waals surface area (Å²) in [6, 6.07) is 3.34. The van der Waals surface area contributed by atoms with Gasteiger partial charge in [-0.15, -0.1) is 11.3 Å². The van der Waals surface area contributed by atoms with E-state index in [0.29, 0.717) is 42.5 Å². The largest absolute Gasteiger partial charge is 0.465 e. The Morgan fingerprint density at radius 2 is 2.00 bits per heavy atom. The Morgan fingerprint density at radius 1 is 1.21 bits per heavy atom. The zero-order valence-electron chi connectivity index (χ0n) is 16.2. The molecule has 0 aromatic carbocycles. The molecule has 4 rings (SSSR count). The van der Waals surface area contributed by atoms with E-state index in [0.717, 1.165) is 29.7 Å². The molecular formula is C20H23N3O5S. The van der Waals surface area contributed by atoms with E-state index >= 15 is 0 Å². The predicted molar refractivity (Wildman–Crippen MR) is 107 cm³/mol. The first-order valence-electron chi connectivity index (χ1n) is 9.64. The number of rotatable bonds is 5. The molecular weight excluding hydrogens is 394 g/mol. The Labute approximate surface area is 172 Å². The topological polar surface area (TPSA) is 92.1 Å². The van der Waals surface area contributed by atoms with Crippen molar-refractivity contribution in [2.45, 2.75) is 19.3 Å². The molecule has 0 radical (unpaired) electrons. The second-order valence-electron chi connectivity index (χ2n) is 7.15. The molecule has 0 unspecified atom stereocenters. The third-order valence-electron chi connectivity index (χ3n) is 5.32. The normalized spacial score (nSPS) is 16.5. The Bertz CT molecular complexity index is 913. The monoisotopic (exact) mass is 417 g/mol. The van der Waals surface area contributed by atoms with E-state index in [2.05, 4.69) is 5.32 Å². The highest BCUT2D eigenvalue weighted by Gasteiger charge is 2.29. The van der Waals surface area contributed by atoms with E-state index in [4.69, 9.17) is 9.15 Å². The number of hydrogen-bond acceptors (Lipinski definition) is 7. The van der Waals surface area contributed by atoms with Gasteiger partial charge in [0, 0.05) is 31.1 Å². The van der Waals surface area contributed by atoms with Crippen LogP contribution in [0.3, 0.4) is 0 Å². The van der Waals surface area contributed by atoms with Crippen molar-refractivity contribution < 1.29 is 23.5 Å². The lowest BCUT2D eigenvalue weighted by Crippen LogP contribution is -2.50. The highest BCUT2D eigenvalue weighted by atomic mass is 32.1. The van der Waals surface area contributed by atoms with Gasteiger partial charge < -0.3 is 19.4 Å². The molecule has 2 aromatic heterocycles. The van der Waals surface area contributed by atoms with Crippen molar-refractivity contribution in [1.82, 2.24) is 9.80 Å². The van der Waals surface area contributed by atoms with Crippen LogP contribution in [0.4, 0.5) is 5.00 Å². The van der Waals surface area contributed by atoms with Gasteiger partial charge in [-0.2, -0.15) is 0 Å². The fraction of sp³-hybridized carbons (Fsp3) is 0.450. The molecule has 9 heteroatoms. The van der Waals surface area contributed by atoms with Crippen LogP contribution in [0, 0.1) is 0 Å². The highest BCUT2D eigenvalue weighted by molar-refractivity contribution is 7.17. The Kier molecular flexibility index (Phi) is 5.68. The van der Waals surface area contributed by atoms with Crippen molar-refractivity contribution >= 4 is 34.1 Å². The van der Waals surface area contributed by atoms with Crippen molar-refractivity contribution in [3.05, 3.63) is 40.2 Å². The van der Waals surface area contributed by atoms with Gasteiger partial charge in [-0.25, -0.2) is 4.79 Å². The number of methoxy groups -OCH3 is 1. The average Bonchev–Trinajstić information content (AvgIpc) is 3.45. The Morgan fingerprint density at radius 3 is 2.69 bits per heavy atom. The van der Waals surface area contributed by atoms with Gasteiger partial charge in [0.15, 0.2) is 5.76 Å². The number of amides is 2. The second-order valence-corrected chi connectivity index (χ2v) is 8.25. The molecule has 2 amide bonds. The number of thiophene rings is 1. The maximum absolute atomic E-state index is 12.6. The SMILES string of the molecule is COC(=O)c1c(NC(=O)CN2CCN(C(=O)c3ccco3)CC2)sc2c1CCC2. The second kappa shape index (κ2) is 8.38.